The highest BCUT2D eigenvalue weighted by Gasteiger charge is 2.24. The van der Waals surface area contributed by atoms with Gasteiger partial charge in [0.05, 0.1) is 17.2 Å². The predicted molar refractivity (Wildman–Crippen MR) is 135 cm³/mol. The molecule has 5 nitrogen and oxygen atoms in total. The number of ether oxygens (including phenoxy) is 2. The average Bonchev–Trinajstić information content (AvgIpc) is 3.14. The number of aliphatic imine (C=N–C) groups is 1. The van der Waals surface area contributed by atoms with Gasteiger partial charge in [-0.25, -0.2) is 4.99 Å². The number of hydrogen-bond donors (Lipinski definition) is 1. The molecule has 1 heterocycles. The maximum absolute atomic E-state index is 12.5. The molecule has 33 heavy (non-hydrogen) atoms. The number of benzene rings is 3. The van der Waals surface area contributed by atoms with Gasteiger partial charge in [-0.1, -0.05) is 54.1 Å². The number of halogens is 1. The van der Waals surface area contributed by atoms with Gasteiger partial charge in [0.15, 0.2) is 16.7 Å². The normalized spacial score (nSPS) is 15.7. The largest absolute Gasteiger partial charge is 0.490 e. The number of nitrogens with one attached hydrogen (secondary N) is 1. The van der Waals surface area contributed by atoms with Gasteiger partial charge in [0.2, 0.25) is 0 Å². The Morgan fingerprint density at radius 3 is 2.61 bits per heavy atom. The number of amidine groups is 1. The van der Waals surface area contributed by atoms with Gasteiger partial charge in [0.1, 0.15) is 6.61 Å². The van der Waals surface area contributed by atoms with Crippen LogP contribution in [0, 0.1) is 6.92 Å². The summed E-state index contributed by atoms with van der Waals surface area (Å²) in [5, 5.41) is 4.05. The number of hydrogen-bond acceptors (Lipinski definition) is 5. The summed E-state index contributed by atoms with van der Waals surface area (Å²) in [7, 11) is 0. The van der Waals surface area contributed by atoms with E-state index in [1.165, 1.54) is 11.8 Å². The summed E-state index contributed by atoms with van der Waals surface area (Å²) < 4.78 is 11.7. The Balaban J connectivity index is 1.53. The first-order valence-corrected chi connectivity index (χ1v) is 11.7. The van der Waals surface area contributed by atoms with Gasteiger partial charge in [0.25, 0.3) is 5.91 Å². The van der Waals surface area contributed by atoms with E-state index < -0.39 is 0 Å². The summed E-state index contributed by atoms with van der Waals surface area (Å²) >= 11 is 7.54. The van der Waals surface area contributed by atoms with Gasteiger partial charge in [0, 0.05) is 10.6 Å². The van der Waals surface area contributed by atoms with Crippen LogP contribution in [0.4, 0.5) is 5.69 Å². The molecule has 3 aromatic carbocycles. The molecule has 1 fully saturated rings. The molecule has 0 saturated carbocycles. The Labute approximate surface area is 202 Å². The highest BCUT2D eigenvalue weighted by Crippen LogP contribution is 2.33. The van der Waals surface area contributed by atoms with E-state index >= 15 is 0 Å². The van der Waals surface area contributed by atoms with Gasteiger partial charge in [-0.3, -0.25) is 4.79 Å². The Hall–Kier alpha value is -3.22. The van der Waals surface area contributed by atoms with Crippen LogP contribution in [0.5, 0.6) is 11.5 Å². The van der Waals surface area contributed by atoms with Gasteiger partial charge in [-0.15, -0.1) is 0 Å². The third-order valence-electron chi connectivity index (χ3n) is 4.89. The predicted octanol–water partition coefficient (Wildman–Crippen LogP) is 6.52. The first-order valence-electron chi connectivity index (χ1n) is 10.5. The Morgan fingerprint density at radius 1 is 1.03 bits per heavy atom. The molecule has 0 aromatic heterocycles. The van der Waals surface area contributed by atoms with Crippen LogP contribution in [-0.2, 0) is 11.4 Å². The van der Waals surface area contributed by atoms with Crippen LogP contribution in [0.1, 0.15) is 23.6 Å². The average molecular weight is 479 g/mol. The van der Waals surface area contributed by atoms with E-state index in [0.29, 0.717) is 39.8 Å². The van der Waals surface area contributed by atoms with Crippen molar-refractivity contribution in [1.29, 1.82) is 0 Å². The zero-order chi connectivity index (χ0) is 23.2. The molecular weight excluding hydrogens is 456 g/mol. The molecule has 1 aliphatic heterocycles. The molecule has 4 rings (SSSR count). The maximum Gasteiger partial charge on any atom is 0.264 e. The number of para-hydroxylation sites is 1. The molecule has 7 heteroatoms. The van der Waals surface area contributed by atoms with Crippen molar-refractivity contribution in [2.75, 3.05) is 6.61 Å². The number of aryl methyl sites for hydroxylation is 1. The summed E-state index contributed by atoms with van der Waals surface area (Å²) in [4.78, 5) is 17.6. The van der Waals surface area contributed by atoms with Crippen molar-refractivity contribution in [3.8, 4) is 11.5 Å². The first-order chi connectivity index (χ1) is 16.0. The van der Waals surface area contributed by atoms with Gasteiger partial charge < -0.3 is 14.8 Å². The van der Waals surface area contributed by atoms with Crippen molar-refractivity contribution in [3.63, 3.8) is 0 Å². The van der Waals surface area contributed by atoms with Gasteiger partial charge in [-0.2, -0.15) is 0 Å². The first kappa shape index (κ1) is 23.0. The van der Waals surface area contributed by atoms with Crippen LogP contribution in [0.2, 0.25) is 5.02 Å². The second kappa shape index (κ2) is 10.6. The summed E-state index contributed by atoms with van der Waals surface area (Å²) in [6, 6.07) is 21.0. The minimum absolute atomic E-state index is 0.177. The topological polar surface area (TPSA) is 59.9 Å². The van der Waals surface area contributed by atoms with Crippen LogP contribution in [-0.4, -0.2) is 17.7 Å². The minimum Gasteiger partial charge on any atom is -0.490 e. The summed E-state index contributed by atoms with van der Waals surface area (Å²) in [6.07, 6.45) is 1.82. The van der Waals surface area contributed by atoms with Crippen LogP contribution in [0.25, 0.3) is 6.08 Å². The van der Waals surface area contributed by atoms with E-state index in [2.05, 4.69) is 10.3 Å². The number of thioether (sulfide) groups is 1. The number of carbonyl (C=O) groups excluding carboxylic acids is 1. The number of amides is 1. The lowest BCUT2D eigenvalue weighted by Gasteiger charge is -2.13. The zero-order valence-corrected chi connectivity index (χ0v) is 19.9. The smallest absolute Gasteiger partial charge is 0.264 e. The number of rotatable bonds is 7. The second-order valence-electron chi connectivity index (χ2n) is 7.29. The van der Waals surface area contributed by atoms with E-state index in [4.69, 9.17) is 21.1 Å². The molecule has 0 unspecified atom stereocenters. The fourth-order valence-electron chi connectivity index (χ4n) is 3.20. The van der Waals surface area contributed by atoms with E-state index in [1.807, 2.05) is 86.7 Å². The summed E-state index contributed by atoms with van der Waals surface area (Å²) in [6.45, 7) is 4.72. The van der Waals surface area contributed by atoms with Crippen LogP contribution in [0.15, 0.2) is 76.6 Å². The van der Waals surface area contributed by atoms with Gasteiger partial charge in [-0.05, 0) is 67.1 Å². The van der Waals surface area contributed by atoms with E-state index in [-0.39, 0.29) is 5.91 Å². The van der Waals surface area contributed by atoms with Gasteiger partial charge >= 0.3 is 0 Å². The molecule has 1 saturated heterocycles. The lowest BCUT2D eigenvalue weighted by Crippen LogP contribution is -2.19. The third kappa shape index (κ3) is 5.78. The van der Waals surface area contributed by atoms with Crippen molar-refractivity contribution in [1.82, 2.24) is 5.32 Å². The van der Waals surface area contributed by atoms with Crippen molar-refractivity contribution in [2.24, 2.45) is 4.99 Å². The number of carbonyl (C=O) groups is 1. The van der Waals surface area contributed by atoms with E-state index in [1.54, 1.807) is 0 Å². The Kier molecular flexibility index (Phi) is 7.37. The van der Waals surface area contributed by atoms with E-state index in [9.17, 15) is 4.79 Å². The molecule has 168 valence electrons. The highest BCUT2D eigenvalue weighted by atomic mass is 35.5. The van der Waals surface area contributed by atoms with Crippen LogP contribution >= 0.6 is 23.4 Å². The molecule has 0 bridgehead atoms. The zero-order valence-electron chi connectivity index (χ0n) is 18.3. The standard InChI is InChI=1S/C26H23ClN2O3S/c1-3-31-23-14-18(12-13-22(23)32-16-19-9-5-6-10-20(19)27)15-24-25(30)29-26(33-24)28-21-11-7-4-8-17(21)2/h4-15H,3,16H2,1-2H3,(H,28,29,30). The maximum atomic E-state index is 12.5. The summed E-state index contributed by atoms with van der Waals surface area (Å²) in [5.74, 6) is 1.05. The fraction of sp³-hybridized carbons (Fsp3) is 0.154. The van der Waals surface area contributed by atoms with Crippen molar-refractivity contribution in [3.05, 3.63) is 93.3 Å². The van der Waals surface area contributed by atoms with Crippen molar-refractivity contribution in [2.45, 2.75) is 20.5 Å². The van der Waals surface area contributed by atoms with Crippen molar-refractivity contribution >= 4 is 46.2 Å². The highest BCUT2D eigenvalue weighted by molar-refractivity contribution is 8.18. The lowest BCUT2D eigenvalue weighted by molar-refractivity contribution is -0.115. The molecule has 0 aliphatic carbocycles. The monoisotopic (exact) mass is 478 g/mol. The quantitative estimate of drug-likeness (QED) is 0.393. The lowest BCUT2D eigenvalue weighted by atomic mass is 10.2. The molecule has 1 N–H and O–H groups in total. The fourth-order valence-corrected chi connectivity index (χ4v) is 4.23. The molecule has 0 radical (unpaired) electrons. The van der Waals surface area contributed by atoms with Crippen LogP contribution in [0.3, 0.4) is 0 Å². The molecular formula is C26H23ClN2O3S. The Bertz CT molecular complexity index is 1240. The molecule has 0 spiro atoms. The third-order valence-corrected chi connectivity index (χ3v) is 6.17. The van der Waals surface area contributed by atoms with Crippen LogP contribution < -0.4 is 14.8 Å². The van der Waals surface area contributed by atoms with E-state index in [0.717, 1.165) is 22.4 Å². The molecule has 0 atom stereocenters. The minimum atomic E-state index is -0.177. The Morgan fingerprint density at radius 2 is 1.82 bits per heavy atom. The number of nitrogens with zero attached hydrogens (tertiary/aromatic N) is 1. The molecule has 1 amide bonds. The van der Waals surface area contributed by atoms with Crippen molar-refractivity contribution < 1.29 is 14.3 Å². The SMILES string of the molecule is CCOc1cc(C=C2SC(=Nc3ccccc3C)NC2=O)ccc1OCc1ccccc1Cl. The second-order valence-corrected chi connectivity index (χ2v) is 8.73. The molecule has 3 aromatic rings. The molecule has 1 aliphatic rings. The summed E-state index contributed by atoms with van der Waals surface area (Å²) in [5.41, 5.74) is 3.61.